The number of hydrogen-bond donors (Lipinski definition) is 1. The van der Waals surface area contributed by atoms with E-state index in [0.29, 0.717) is 19.5 Å². The van der Waals surface area contributed by atoms with Crippen LogP contribution in [-0.4, -0.2) is 29.9 Å². The molecule has 4 heteroatoms. The molecule has 1 fully saturated rings. The molecule has 1 N–H and O–H groups in total. The van der Waals surface area contributed by atoms with Crippen LogP contribution in [-0.2, 0) is 4.79 Å². The van der Waals surface area contributed by atoms with Crippen molar-refractivity contribution >= 4 is 11.9 Å². The Morgan fingerprint density at radius 3 is 2.92 bits per heavy atom. The number of carbonyl (C=O) groups is 2. The summed E-state index contributed by atoms with van der Waals surface area (Å²) in [4.78, 5) is 23.4. The summed E-state index contributed by atoms with van der Waals surface area (Å²) in [5, 5.41) is 2.25. The van der Waals surface area contributed by atoms with E-state index >= 15 is 0 Å². The predicted molar refractivity (Wildman–Crippen MR) is 44.5 cm³/mol. The second-order valence-corrected chi connectivity index (χ2v) is 2.62. The van der Waals surface area contributed by atoms with Gasteiger partial charge in [-0.1, -0.05) is 12.2 Å². The lowest BCUT2D eigenvalue weighted by atomic mass is 10.3. The Kier molecular flexibility index (Phi) is 2.85. The van der Waals surface area contributed by atoms with Crippen LogP contribution >= 0.6 is 0 Å². The van der Waals surface area contributed by atoms with Gasteiger partial charge in [0.15, 0.2) is 0 Å². The van der Waals surface area contributed by atoms with Crippen LogP contribution in [0.1, 0.15) is 13.3 Å². The molecule has 0 aromatic rings. The van der Waals surface area contributed by atoms with Crippen molar-refractivity contribution in [3.63, 3.8) is 0 Å². The summed E-state index contributed by atoms with van der Waals surface area (Å²) in [5.41, 5.74) is 0. The fourth-order valence-corrected chi connectivity index (χ4v) is 1.01. The van der Waals surface area contributed by atoms with Gasteiger partial charge in [-0.3, -0.25) is 10.1 Å². The third kappa shape index (κ3) is 2.08. The monoisotopic (exact) mass is 168 g/mol. The van der Waals surface area contributed by atoms with Crippen molar-refractivity contribution in [2.24, 2.45) is 0 Å². The minimum Gasteiger partial charge on any atom is -0.320 e. The van der Waals surface area contributed by atoms with Gasteiger partial charge < -0.3 is 4.90 Å². The van der Waals surface area contributed by atoms with Crippen molar-refractivity contribution in [1.82, 2.24) is 10.2 Å². The van der Waals surface area contributed by atoms with Crippen molar-refractivity contribution in [2.45, 2.75) is 13.3 Å². The molecule has 66 valence electrons. The normalized spacial score (nSPS) is 18.6. The summed E-state index contributed by atoms with van der Waals surface area (Å²) >= 11 is 0. The maximum atomic E-state index is 11.1. The Balaban J connectivity index is 2.45. The van der Waals surface area contributed by atoms with Crippen LogP contribution in [0.5, 0.6) is 0 Å². The predicted octanol–water partition coefficient (Wildman–Crippen LogP) is 0.504. The summed E-state index contributed by atoms with van der Waals surface area (Å²) in [6.07, 6.45) is 4.17. The Morgan fingerprint density at radius 2 is 2.33 bits per heavy atom. The molecule has 0 bridgehead atoms. The molecular weight excluding hydrogens is 156 g/mol. The quantitative estimate of drug-likeness (QED) is 0.610. The van der Waals surface area contributed by atoms with E-state index in [1.165, 1.54) is 0 Å². The zero-order valence-electron chi connectivity index (χ0n) is 7.04. The van der Waals surface area contributed by atoms with Gasteiger partial charge >= 0.3 is 6.03 Å². The fourth-order valence-electron chi connectivity index (χ4n) is 1.01. The number of nitrogens with zero attached hydrogens (tertiary/aromatic N) is 1. The van der Waals surface area contributed by atoms with Gasteiger partial charge in [0, 0.05) is 19.5 Å². The maximum Gasteiger partial charge on any atom is 0.324 e. The van der Waals surface area contributed by atoms with E-state index in [1.807, 2.05) is 19.1 Å². The van der Waals surface area contributed by atoms with Gasteiger partial charge in [-0.15, -0.1) is 0 Å². The van der Waals surface area contributed by atoms with Gasteiger partial charge in [-0.05, 0) is 6.92 Å². The highest BCUT2D eigenvalue weighted by atomic mass is 16.2. The number of amides is 3. The molecule has 1 saturated heterocycles. The second-order valence-electron chi connectivity index (χ2n) is 2.62. The summed E-state index contributed by atoms with van der Waals surface area (Å²) in [6, 6.07) is -0.288. The third-order valence-corrected chi connectivity index (χ3v) is 1.70. The molecular formula is C8H12N2O2. The van der Waals surface area contributed by atoms with Gasteiger partial charge in [0.1, 0.15) is 0 Å². The topological polar surface area (TPSA) is 49.4 Å². The zero-order chi connectivity index (χ0) is 8.97. The van der Waals surface area contributed by atoms with Crippen LogP contribution in [0.15, 0.2) is 12.2 Å². The molecule has 1 heterocycles. The first kappa shape index (κ1) is 8.77. The molecule has 1 aliphatic heterocycles. The van der Waals surface area contributed by atoms with Gasteiger partial charge in [-0.25, -0.2) is 4.79 Å². The number of imide groups is 1. The standard InChI is InChI=1S/C8H12N2O2/c1-2-3-5-10-6-4-7(11)9-8(10)12/h2-3H,4-6H2,1H3,(H,9,11,12)/b3-2+. The summed E-state index contributed by atoms with van der Waals surface area (Å²) in [5.74, 6) is -0.184. The molecule has 0 aliphatic carbocycles. The van der Waals surface area contributed by atoms with Crippen molar-refractivity contribution in [3.8, 4) is 0 Å². The first-order valence-electron chi connectivity index (χ1n) is 3.94. The van der Waals surface area contributed by atoms with E-state index in [4.69, 9.17) is 0 Å². The Hall–Kier alpha value is -1.32. The van der Waals surface area contributed by atoms with Crippen LogP contribution in [0.2, 0.25) is 0 Å². The van der Waals surface area contributed by atoms with E-state index in [2.05, 4.69) is 5.32 Å². The molecule has 1 aliphatic rings. The summed E-state index contributed by atoms with van der Waals surface area (Å²) < 4.78 is 0. The van der Waals surface area contributed by atoms with Crippen molar-refractivity contribution < 1.29 is 9.59 Å². The van der Waals surface area contributed by atoms with E-state index in [-0.39, 0.29) is 11.9 Å². The minimum atomic E-state index is -0.288. The number of nitrogens with one attached hydrogen (secondary N) is 1. The van der Waals surface area contributed by atoms with Crippen molar-refractivity contribution in [3.05, 3.63) is 12.2 Å². The molecule has 0 unspecified atom stereocenters. The van der Waals surface area contributed by atoms with Crippen molar-refractivity contribution in [1.29, 1.82) is 0 Å². The number of urea groups is 1. The number of hydrogen-bond acceptors (Lipinski definition) is 2. The van der Waals surface area contributed by atoms with Crippen LogP contribution in [0, 0.1) is 0 Å². The molecule has 3 amide bonds. The van der Waals surface area contributed by atoms with Crippen LogP contribution in [0.25, 0.3) is 0 Å². The average Bonchev–Trinajstić information content (AvgIpc) is 2.03. The Labute approximate surface area is 71.2 Å². The molecule has 0 saturated carbocycles. The van der Waals surface area contributed by atoms with E-state index in [9.17, 15) is 9.59 Å². The third-order valence-electron chi connectivity index (χ3n) is 1.70. The van der Waals surface area contributed by atoms with Crippen LogP contribution in [0.3, 0.4) is 0 Å². The number of carbonyl (C=O) groups excluding carboxylic acids is 2. The lowest BCUT2D eigenvalue weighted by Gasteiger charge is -2.24. The van der Waals surface area contributed by atoms with Gasteiger partial charge in [0.05, 0.1) is 0 Å². The Bertz CT molecular complexity index is 223. The lowest BCUT2D eigenvalue weighted by molar-refractivity contribution is -0.121. The lowest BCUT2D eigenvalue weighted by Crippen LogP contribution is -2.49. The molecule has 0 atom stereocenters. The molecule has 0 spiro atoms. The van der Waals surface area contributed by atoms with Gasteiger partial charge in [-0.2, -0.15) is 0 Å². The van der Waals surface area contributed by atoms with E-state index in [0.717, 1.165) is 0 Å². The minimum absolute atomic E-state index is 0.184. The highest BCUT2D eigenvalue weighted by molar-refractivity contribution is 5.96. The Morgan fingerprint density at radius 1 is 1.58 bits per heavy atom. The zero-order valence-corrected chi connectivity index (χ0v) is 7.04. The summed E-state index contributed by atoms with van der Waals surface area (Å²) in [6.45, 7) is 3.00. The average molecular weight is 168 g/mol. The van der Waals surface area contributed by atoms with E-state index < -0.39 is 0 Å². The molecule has 0 radical (unpaired) electrons. The van der Waals surface area contributed by atoms with E-state index in [1.54, 1.807) is 4.90 Å². The van der Waals surface area contributed by atoms with Gasteiger partial charge in [0.2, 0.25) is 5.91 Å². The van der Waals surface area contributed by atoms with Crippen molar-refractivity contribution in [2.75, 3.05) is 13.1 Å². The fraction of sp³-hybridized carbons (Fsp3) is 0.500. The largest absolute Gasteiger partial charge is 0.324 e. The molecule has 0 aromatic carbocycles. The first-order valence-corrected chi connectivity index (χ1v) is 3.94. The molecule has 12 heavy (non-hydrogen) atoms. The molecule has 0 aromatic heterocycles. The summed E-state index contributed by atoms with van der Waals surface area (Å²) in [7, 11) is 0. The molecule has 4 nitrogen and oxygen atoms in total. The van der Waals surface area contributed by atoms with Crippen LogP contribution < -0.4 is 5.32 Å². The highest BCUT2D eigenvalue weighted by Crippen LogP contribution is 1.99. The van der Waals surface area contributed by atoms with Crippen LogP contribution in [0.4, 0.5) is 4.79 Å². The maximum absolute atomic E-state index is 11.1. The number of allylic oxidation sites excluding steroid dienone is 1. The van der Waals surface area contributed by atoms with Gasteiger partial charge in [0.25, 0.3) is 0 Å². The first-order chi connectivity index (χ1) is 5.74. The smallest absolute Gasteiger partial charge is 0.320 e. The molecule has 1 rings (SSSR count). The SMILES string of the molecule is C/C=C/CN1CCC(=O)NC1=O. The second kappa shape index (κ2) is 3.90. The highest BCUT2D eigenvalue weighted by Gasteiger charge is 2.21. The number of rotatable bonds is 2.